The lowest BCUT2D eigenvalue weighted by molar-refractivity contribution is 0.0321. The van der Waals surface area contributed by atoms with Crippen LogP contribution in [-0.4, -0.2) is 48.0 Å². The Morgan fingerprint density at radius 2 is 2.00 bits per heavy atom. The first kappa shape index (κ1) is 21.0. The van der Waals surface area contributed by atoms with Crippen LogP contribution < -0.4 is 5.32 Å². The average molecular weight is 434 g/mol. The molecule has 0 spiro atoms. The molecule has 4 rings (SSSR count). The first-order valence-electron chi connectivity index (χ1n) is 10.1. The second-order valence-electron chi connectivity index (χ2n) is 8.12. The maximum Gasteiger partial charge on any atom is 0.223 e. The fourth-order valence-corrected chi connectivity index (χ4v) is 4.36. The number of nitrogens with one attached hydrogen (secondary N) is 1. The molecule has 3 atom stereocenters. The van der Waals surface area contributed by atoms with Crippen molar-refractivity contribution in [3.8, 4) is 11.3 Å². The van der Waals surface area contributed by atoms with Crippen LogP contribution in [0.4, 0.5) is 10.3 Å². The van der Waals surface area contributed by atoms with Crippen molar-refractivity contribution in [3.63, 3.8) is 0 Å². The SMILES string of the molecule is Cc1nc2c(F)cc(-c3nc(N[C@@H]4CC[C@H](O)C[C@H]4O)ncc3Cl)cc2n1C(C)C. The molecule has 1 saturated carbocycles. The Morgan fingerprint density at radius 1 is 1.23 bits per heavy atom. The molecule has 0 bridgehead atoms. The zero-order chi connectivity index (χ0) is 21.6. The van der Waals surface area contributed by atoms with Crippen molar-refractivity contribution in [2.24, 2.45) is 0 Å². The van der Waals surface area contributed by atoms with E-state index in [0.29, 0.717) is 52.5 Å². The van der Waals surface area contributed by atoms with Crippen LogP contribution in [-0.2, 0) is 0 Å². The van der Waals surface area contributed by atoms with Crippen molar-refractivity contribution >= 4 is 28.6 Å². The molecule has 0 unspecified atom stereocenters. The minimum absolute atomic E-state index is 0.117. The molecule has 1 aliphatic carbocycles. The molecule has 7 nitrogen and oxygen atoms in total. The molecule has 2 heterocycles. The van der Waals surface area contributed by atoms with E-state index in [2.05, 4.69) is 20.3 Å². The third kappa shape index (κ3) is 3.87. The zero-order valence-corrected chi connectivity index (χ0v) is 17.9. The summed E-state index contributed by atoms with van der Waals surface area (Å²) < 4.78 is 16.8. The molecule has 1 fully saturated rings. The van der Waals surface area contributed by atoms with E-state index in [-0.39, 0.29) is 12.1 Å². The van der Waals surface area contributed by atoms with Gasteiger partial charge in [0.15, 0.2) is 5.82 Å². The smallest absolute Gasteiger partial charge is 0.223 e. The van der Waals surface area contributed by atoms with Gasteiger partial charge in [0.1, 0.15) is 11.3 Å². The quantitative estimate of drug-likeness (QED) is 0.578. The molecular formula is C21H25ClFN5O2. The standard InChI is InChI=1S/C21H25ClFN5O2/c1-10(2)28-11(3)25-20-15(23)6-12(7-17(20)28)19-14(22)9-24-21(27-19)26-16-5-4-13(29)8-18(16)30/h6-7,9-10,13,16,18,29-30H,4-5,8H2,1-3H3,(H,24,26,27)/t13-,16+,18+/m0/s1. The van der Waals surface area contributed by atoms with Crippen molar-refractivity contribution < 1.29 is 14.6 Å². The summed E-state index contributed by atoms with van der Waals surface area (Å²) in [4.78, 5) is 13.1. The summed E-state index contributed by atoms with van der Waals surface area (Å²) in [5.41, 5.74) is 1.92. The van der Waals surface area contributed by atoms with Crippen LogP contribution in [0.1, 0.15) is 45.0 Å². The van der Waals surface area contributed by atoms with Gasteiger partial charge in [0.25, 0.3) is 0 Å². The van der Waals surface area contributed by atoms with Crippen LogP contribution in [0.5, 0.6) is 0 Å². The molecule has 160 valence electrons. The number of hydrogen-bond acceptors (Lipinski definition) is 6. The zero-order valence-electron chi connectivity index (χ0n) is 17.1. The molecule has 3 N–H and O–H groups in total. The third-order valence-electron chi connectivity index (χ3n) is 5.56. The van der Waals surface area contributed by atoms with Crippen molar-refractivity contribution in [2.45, 2.75) is 64.3 Å². The van der Waals surface area contributed by atoms with Crippen LogP contribution in [0.2, 0.25) is 5.02 Å². The minimum Gasteiger partial charge on any atom is -0.393 e. The summed E-state index contributed by atoms with van der Waals surface area (Å²) in [7, 11) is 0. The molecule has 0 saturated heterocycles. The number of imidazole rings is 1. The lowest BCUT2D eigenvalue weighted by Crippen LogP contribution is -2.41. The Kier molecular flexibility index (Phi) is 5.65. The second kappa shape index (κ2) is 8.09. The molecule has 0 amide bonds. The summed E-state index contributed by atoms with van der Waals surface area (Å²) in [5.74, 6) is 0.593. The Bertz CT molecular complexity index is 1090. The Morgan fingerprint density at radius 3 is 2.70 bits per heavy atom. The topological polar surface area (TPSA) is 96.1 Å². The molecular weight excluding hydrogens is 409 g/mol. The maximum atomic E-state index is 14.8. The van der Waals surface area contributed by atoms with E-state index in [1.807, 2.05) is 31.4 Å². The van der Waals surface area contributed by atoms with Crippen LogP contribution in [0.15, 0.2) is 18.3 Å². The highest BCUT2D eigenvalue weighted by molar-refractivity contribution is 6.33. The van der Waals surface area contributed by atoms with E-state index >= 15 is 0 Å². The maximum absolute atomic E-state index is 14.8. The average Bonchev–Trinajstić information content (AvgIpc) is 3.02. The number of nitrogens with zero attached hydrogens (tertiary/aromatic N) is 4. The monoisotopic (exact) mass is 433 g/mol. The van der Waals surface area contributed by atoms with Crippen LogP contribution in [0.25, 0.3) is 22.3 Å². The van der Waals surface area contributed by atoms with Crippen molar-refractivity contribution in [1.29, 1.82) is 0 Å². The lowest BCUT2D eigenvalue weighted by atomic mass is 9.90. The normalized spacial score (nSPS) is 22.1. The highest BCUT2D eigenvalue weighted by atomic mass is 35.5. The van der Waals surface area contributed by atoms with Gasteiger partial charge in [0, 0.05) is 18.0 Å². The highest BCUT2D eigenvalue weighted by Crippen LogP contribution is 2.32. The van der Waals surface area contributed by atoms with E-state index in [4.69, 9.17) is 11.6 Å². The largest absolute Gasteiger partial charge is 0.393 e. The molecule has 3 aromatic rings. The number of rotatable bonds is 4. The van der Waals surface area contributed by atoms with Crippen molar-refractivity contribution in [2.75, 3.05) is 5.32 Å². The van der Waals surface area contributed by atoms with Crippen LogP contribution in [0.3, 0.4) is 0 Å². The van der Waals surface area contributed by atoms with Gasteiger partial charge in [-0.1, -0.05) is 11.6 Å². The van der Waals surface area contributed by atoms with Gasteiger partial charge in [0.2, 0.25) is 5.95 Å². The number of hydrogen-bond donors (Lipinski definition) is 3. The van der Waals surface area contributed by atoms with E-state index in [1.54, 1.807) is 0 Å². The Hall–Kier alpha value is -2.29. The Balaban J connectivity index is 1.73. The Labute approximate surface area is 178 Å². The van der Waals surface area contributed by atoms with Gasteiger partial charge in [-0.25, -0.2) is 19.3 Å². The fraction of sp³-hybridized carbons (Fsp3) is 0.476. The molecule has 0 aliphatic heterocycles. The van der Waals surface area contributed by atoms with Crippen LogP contribution >= 0.6 is 11.6 Å². The van der Waals surface area contributed by atoms with Crippen molar-refractivity contribution in [3.05, 3.63) is 35.0 Å². The number of halogens is 2. The predicted octanol–water partition coefficient (Wildman–Crippen LogP) is 3.86. The van der Waals surface area contributed by atoms with E-state index in [0.717, 1.165) is 5.82 Å². The summed E-state index contributed by atoms with van der Waals surface area (Å²) in [6.07, 6.45) is 1.76. The predicted molar refractivity (Wildman–Crippen MR) is 114 cm³/mol. The molecule has 0 radical (unpaired) electrons. The van der Waals surface area contributed by atoms with Gasteiger partial charge >= 0.3 is 0 Å². The number of aromatic nitrogens is 4. The first-order chi connectivity index (χ1) is 14.2. The third-order valence-corrected chi connectivity index (χ3v) is 5.84. The highest BCUT2D eigenvalue weighted by Gasteiger charge is 2.28. The van der Waals surface area contributed by atoms with Gasteiger partial charge < -0.3 is 20.1 Å². The molecule has 30 heavy (non-hydrogen) atoms. The van der Waals surface area contributed by atoms with Gasteiger partial charge in [-0.05, 0) is 45.7 Å². The second-order valence-corrected chi connectivity index (χ2v) is 8.53. The van der Waals surface area contributed by atoms with Crippen LogP contribution in [0, 0.1) is 12.7 Å². The summed E-state index contributed by atoms with van der Waals surface area (Å²) in [6, 6.07) is 3.06. The summed E-state index contributed by atoms with van der Waals surface area (Å²) >= 11 is 6.35. The van der Waals surface area contributed by atoms with Gasteiger partial charge in [-0.15, -0.1) is 0 Å². The molecule has 2 aromatic heterocycles. The van der Waals surface area contributed by atoms with Crippen molar-refractivity contribution in [1.82, 2.24) is 19.5 Å². The van der Waals surface area contributed by atoms with Gasteiger partial charge in [-0.2, -0.15) is 0 Å². The van der Waals surface area contributed by atoms with E-state index in [9.17, 15) is 14.6 Å². The number of anilines is 1. The summed E-state index contributed by atoms with van der Waals surface area (Å²) in [5, 5.41) is 23.3. The van der Waals surface area contributed by atoms with E-state index < -0.39 is 18.0 Å². The van der Waals surface area contributed by atoms with Gasteiger partial charge in [-0.3, -0.25) is 0 Å². The first-order valence-corrected chi connectivity index (χ1v) is 10.5. The number of benzene rings is 1. The number of aliphatic hydroxyl groups excluding tert-OH is 2. The minimum atomic E-state index is -0.700. The molecule has 1 aliphatic rings. The summed E-state index contributed by atoms with van der Waals surface area (Å²) in [6.45, 7) is 5.89. The number of fused-ring (bicyclic) bond motifs is 1. The fourth-order valence-electron chi connectivity index (χ4n) is 4.16. The number of aliphatic hydroxyl groups is 2. The van der Waals surface area contributed by atoms with E-state index in [1.165, 1.54) is 12.3 Å². The molecule has 1 aromatic carbocycles. The van der Waals surface area contributed by atoms with Gasteiger partial charge in [0.05, 0.1) is 40.7 Å². The molecule has 9 heteroatoms. The lowest BCUT2D eigenvalue weighted by Gasteiger charge is -2.31. The number of aryl methyl sites for hydroxylation is 1.